The van der Waals surface area contributed by atoms with E-state index < -0.39 is 0 Å². The minimum atomic E-state index is 0.213. The summed E-state index contributed by atoms with van der Waals surface area (Å²) in [7, 11) is 2.16. The van der Waals surface area contributed by atoms with Gasteiger partial charge in [-0.25, -0.2) is 0 Å². The third kappa shape index (κ3) is 3.95. The molecule has 0 aliphatic carbocycles. The molecule has 2 N–H and O–H groups in total. The highest BCUT2D eigenvalue weighted by atomic mass is 35.5. The summed E-state index contributed by atoms with van der Waals surface area (Å²) in [6, 6.07) is 8.38. The van der Waals surface area contributed by atoms with E-state index in [1.54, 1.807) is 0 Å². The van der Waals surface area contributed by atoms with Crippen molar-refractivity contribution in [1.29, 1.82) is 0 Å². The maximum absolute atomic E-state index is 6.28. The van der Waals surface area contributed by atoms with Crippen LogP contribution in [0.1, 0.15) is 45.2 Å². The van der Waals surface area contributed by atoms with Crippen molar-refractivity contribution >= 4 is 11.6 Å². The van der Waals surface area contributed by atoms with Crippen LogP contribution in [0.4, 0.5) is 0 Å². The summed E-state index contributed by atoms with van der Waals surface area (Å²) in [4.78, 5) is 2.36. The fraction of sp³-hybridized carbons (Fsp3) is 0.625. The van der Waals surface area contributed by atoms with E-state index in [-0.39, 0.29) is 5.41 Å². The molecular weight excluding hydrogens is 256 g/mol. The molecule has 1 rings (SSSR count). The summed E-state index contributed by atoms with van der Waals surface area (Å²) in [5.41, 5.74) is 7.39. The van der Waals surface area contributed by atoms with Crippen LogP contribution >= 0.6 is 11.6 Å². The first-order valence-corrected chi connectivity index (χ1v) is 7.52. The zero-order chi connectivity index (χ0) is 14.5. The summed E-state index contributed by atoms with van der Waals surface area (Å²) >= 11 is 6.28. The van der Waals surface area contributed by atoms with Gasteiger partial charge < -0.3 is 5.73 Å². The van der Waals surface area contributed by atoms with Gasteiger partial charge in [-0.05, 0) is 50.4 Å². The third-order valence-corrected chi connectivity index (χ3v) is 4.88. The lowest BCUT2D eigenvalue weighted by atomic mass is 9.81. The molecule has 0 fully saturated rings. The fourth-order valence-corrected chi connectivity index (χ4v) is 2.84. The Morgan fingerprint density at radius 2 is 1.84 bits per heavy atom. The van der Waals surface area contributed by atoms with Crippen LogP contribution in [-0.2, 0) is 0 Å². The average Bonchev–Trinajstić information content (AvgIpc) is 2.44. The molecule has 0 aliphatic rings. The highest BCUT2D eigenvalue weighted by Crippen LogP contribution is 2.31. The van der Waals surface area contributed by atoms with Crippen molar-refractivity contribution < 1.29 is 0 Å². The van der Waals surface area contributed by atoms with Crippen LogP contribution in [0.25, 0.3) is 0 Å². The van der Waals surface area contributed by atoms with Gasteiger partial charge in [0.25, 0.3) is 0 Å². The van der Waals surface area contributed by atoms with Crippen molar-refractivity contribution in [3.63, 3.8) is 0 Å². The lowest BCUT2D eigenvalue weighted by Crippen LogP contribution is -2.41. The SMILES string of the molecule is CCC(CC)(CN)CN(C)C(C)c1ccccc1Cl. The molecule has 0 bridgehead atoms. The number of hydrogen-bond donors (Lipinski definition) is 1. The highest BCUT2D eigenvalue weighted by Gasteiger charge is 2.28. The van der Waals surface area contributed by atoms with Gasteiger partial charge in [0.2, 0.25) is 0 Å². The van der Waals surface area contributed by atoms with Crippen LogP contribution in [0.2, 0.25) is 5.02 Å². The molecule has 0 aromatic heterocycles. The molecule has 108 valence electrons. The van der Waals surface area contributed by atoms with E-state index in [1.165, 1.54) is 5.56 Å². The van der Waals surface area contributed by atoms with E-state index in [1.807, 2.05) is 18.2 Å². The Kier molecular flexibility index (Phi) is 6.31. The molecule has 3 heteroatoms. The minimum absolute atomic E-state index is 0.213. The summed E-state index contributed by atoms with van der Waals surface area (Å²) in [6.07, 6.45) is 2.22. The van der Waals surface area contributed by atoms with Crippen LogP contribution < -0.4 is 5.73 Å². The predicted octanol–water partition coefficient (Wildman–Crippen LogP) is 4.10. The van der Waals surface area contributed by atoms with Crippen molar-refractivity contribution in [2.45, 2.75) is 39.7 Å². The number of rotatable bonds is 7. The van der Waals surface area contributed by atoms with E-state index in [0.717, 1.165) is 31.0 Å². The summed E-state index contributed by atoms with van der Waals surface area (Å²) in [5.74, 6) is 0. The maximum Gasteiger partial charge on any atom is 0.0453 e. The molecule has 0 aliphatic heterocycles. The van der Waals surface area contributed by atoms with Crippen LogP contribution in [0.3, 0.4) is 0 Å². The molecule has 19 heavy (non-hydrogen) atoms. The Morgan fingerprint density at radius 3 is 2.32 bits per heavy atom. The summed E-state index contributed by atoms with van der Waals surface area (Å²) in [5, 5.41) is 0.841. The minimum Gasteiger partial charge on any atom is -0.330 e. The number of nitrogens with two attached hydrogens (primary N) is 1. The Balaban J connectivity index is 2.83. The number of halogens is 1. The molecule has 0 heterocycles. The van der Waals surface area contributed by atoms with Gasteiger partial charge in [0.1, 0.15) is 0 Å². The first-order valence-electron chi connectivity index (χ1n) is 7.14. The van der Waals surface area contributed by atoms with Crippen molar-refractivity contribution in [2.24, 2.45) is 11.1 Å². The standard InChI is InChI=1S/C16H27ClN2/c1-5-16(6-2,11-18)12-19(4)13(3)14-9-7-8-10-15(14)17/h7-10,13H,5-6,11-12,18H2,1-4H3. The Morgan fingerprint density at radius 1 is 1.26 bits per heavy atom. The molecule has 0 spiro atoms. The van der Waals surface area contributed by atoms with Crippen LogP contribution in [-0.4, -0.2) is 25.0 Å². The van der Waals surface area contributed by atoms with E-state index in [9.17, 15) is 0 Å². The largest absolute Gasteiger partial charge is 0.330 e. The lowest BCUT2D eigenvalue weighted by Gasteiger charge is -2.37. The molecule has 1 aromatic carbocycles. The molecule has 0 amide bonds. The Bertz CT molecular complexity index is 380. The molecule has 1 aromatic rings. The van der Waals surface area contributed by atoms with Crippen molar-refractivity contribution in [1.82, 2.24) is 4.90 Å². The van der Waals surface area contributed by atoms with E-state index in [0.29, 0.717) is 6.04 Å². The van der Waals surface area contributed by atoms with Gasteiger partial charge in [-0.1, -0.05) is 43.6 Å². The van der Waals surface area contributed by atoms with Gasteiger partial charge in [-0.3, -0.25) is 4.90 Å². The molecule has 2 nitrogen and oxygen atoms in total. The number of nitrogens with zero attached hydrogens (tertiary/aromatic N) is 1. The monoisotopic (exact) mass is 282 g/mol. The maximum atomic E-state index is 6.28. The second-order valence-corrected chi connectivity index (χ2v) is 5.93. The van der Waals surface area contributed by atoms with Crippen LogP contribution in [0.5, 0.6) is 0 Å². The summed E-state index contributed by atoms with van der Waals surface area (Å²) in [6.45, 7) is 8.39. The van der Waals surface area contributed by atoms with Crippen LogP contribution in [0, 0.1) is 5.41 Å². The van der Waals surface area contributed by atoms with Crippen molar-refractivity contribution in [3.8, 4) is 0 Å². The van der Waals surface area contributed by atoms with Gasteiger partial charge in [0.05, 0.1) is 0 Å². The van der Waals surface area contributed by atoms with Gasteiger partial charge in [-0.15, -0.1) is 0 Å². The third-order valence-electron chi connectivity index (χ3n) is 4.53. The van der Waals surface area contributed by atoms with Gasteiger partial charge in [-0.2, -0.15) is 0 Å². The Labute approximate surface area is 122 Å². The van der Waals surface area contributed by atoms with Crippen LogP contribution in [0.15, 0.2) is 24.3 Å². The second kappa shape index (κ2) is 7.28. The second-order valence-electron chi connectivity index (χ2n) is 5.52. The van der Waals surface area contributed by atoms with Gasteiger partial charge >= 0.3 is 0 Å². The first kappa shape index (κ1) is 16.5. The fourth-order valence-electron chi connectivity index (χ4n) is 2.54. The number of benzene rings is 1. The summed E-state index contributed by atoms with van der Waals surface area (Å²) < 4.78 is 0. The molecule has 0 saturated heterocycles. The molecule has 0 saturated carbocycles. The normalized spacial score (nSPS) is 13.8. The molecular formula is C16H27ClN2. The topological polar surface area (TPSA) is 29.3 Å². The first-order chi connectivity index (χ1) is 8.99. The van der Waals surface area contributed by atoms with E-state index in [2.05, 4.69) is 38.8 Å². The molecule has 1 unspecified atom stereocenters. The van der Waals surface area contributed by atoms with Crippen molar-refractivity contribution in [2.75, 3.05) is 20.1 Å². The quantitative estimate of drug-likeness (QED) is 0.816. The smallest absolute Gasteiger partial charge is 0.0453 e. The van der Waals surface area contributed by atoms with Crippen molar-refractivity contribution in [3.05, 3.63) is 34.9 Å². The Hall–Kier alpha value is -0.570. The highest BCUT2D eigenvalue weighted by molar-refractivity contribution is 6.31. The number of hydrogen-bond acceptors (Lipinski definition) is 2. The zero-order valence-electron chi connectivity index (χ0n) is 12.6. The van der Waals surface area contributed by atoms with E-state index >= 15 is 0 Å². The molecule has 1 atom stereocenters. The zero-order valence-corrected chi connectivity index (χ0v) is 13.4. The van der Waals surface area contributed by atoms with Gasteiger partial charge in [0, 0.05) is 17.6 Å². The molecule has 0 radical (unpaired) electrons. The average molecular weight is 283 g/mol. The van der Waals surface area contributed by atoms with Gasteiger partial charge in [0.15, 0.2) is 0 Å². The lowest BCUT2D eigenvalue weighted by molar-refractivity contribution is 0.136. The predicted molar refractivity (Wildman–Crippen MR) is 84.6 cm³/mol. The van der Waals surface area contributed by atoms with E-state index in [4.69, 9.17) is 17.3 Å².